The summed E-state index contributed by atoms with van der Waals surface area (Å²) in [5.74, 6) is 0.502. The Morgan fingerprint density at radius 2 is 1.68 bits per heavy atom. The molecule has 3 rings (SSSR count). The van der Waals surface area contributed by atoms with Gasteiger partial charge in [0.2, 0.25) is 5.91 Å². The standard InChI is InChI=1S/C17H20N4O/c18-17(9-5-2-6-10-17)16(22)21-14-11-19-15(20-12-14)13-7-3-1-4-8-13/h1,3-4,7-8,11-12H,2,5-6,9-10,18H2,(H,21,22). The van der Waals surface area contributed by atoms with E-state index in [9.17, 15) is 4.79 Å². The molecule has 0 aliphatic heterocycles. The van der Waals surface area contributed by atoms with Crippen LogP contribution in [0.1, 0.15) is 32.1 Å². The Bertz CT molecular complexity index is 633. The molecule has 0 radical (unpaired) electrons. The molecule has 1 aliphatic rings. The molecule has 0 bridgehead atoms. The highest BCUT2D eigenvalue weighted by Gasteiger charge is 2.35. The molecule has 2 aromatic rings. The van der Waals surface area contributed by atoms with Gasteiger partial charge in [-0.15, -0.1) is 0 Å². The van der Waals surface area contributed by atoms with E-state index < -0.39 is 5.54 Å². The third-order valence-electron chi connectivity index (χ3n) is 4.14. The van der Waals surface area contributed by atoms with Crippen LogP contribution in [-0.4, -0.2) is 21.4 Å². The summed E-state index contributed by atoms with van der Waals surface area (Å²) in [6.45, 7) is 0. The van der Waals surface area contributed by atoms with Crippen molar-refractivity contribution >= 4 is 11.6 Å². The number of nitrogens with one attached hydrogen (secondary N) is 1. The molecule has 0 atom stereocenters. The van der Waals surface area contributed by atoms with Gasteiger partial charge in [0.25, 0.3) is 0 Å². The summed E-state index contributed by atoms with van der Waals surface area (Å²) in [6.07, 6.45) is 7.89. The van der Waals surface area contributed by atoms with E-state index in [0.717, 1.165) is 37.7 Å². The minimum Gasteiger partial charge on any atom is -0.322 e. The molecule has 1 aromatic carbocycles. The number of carbonyl (C=O) groups is 1. The van der Waals surface area contributed by atoms with Crippen LogP contribution in [0.15, 0.2) is 42.7 Å². The van der Waals surface area contributed by atoms with Crippen molar-refractivity contribution in [1.29, 1.82) is 0 Å². The highest BCUT2D eigenvalue weighted by molar-refractivity contribution is 5.97. The number of nitrogens with zero attached hydrogens (tertiary/aromatic N) is 2. The van der Waals surface area contributed by atoms with E-state index in [1.165, 1.54) is 0 Å². The van der Waals surface area contributed by atoms with Gasteiger partial charge in [-0.1, -0.05) is 49.6 Å². The van der Waals surface area contributed by atoms with Crippen molar-refractivity contribution in [2.75, 3.05) is 5.32 Å². The van der Waals surface area contributed by atoms with E-state index in [2.05, 4.69) is 15.3 Å². The van der Waals surface area contributed by atoms with E-state index in [4.69, 9.17) is 5.73 Å². The SMILES string of the molecule is NC1(C(=O)Nc2cnc(-c3ccccc3)nc2)CCCCC1. The zero-order valence-electron chi connectivity index (χ0n) is 12.5. The molecule has 114 valence electrons. The number of nitrogens with two attached hydrogens (primary N) is 1. The molecule has 1 saturated carbocycles. The normalized spacial score (nSPS) is 17.0. The molecule has 1 fully saturated rings. The molecule has 1 aliphatic carbocycles. The lowest BCUT2D eigenvalue weighted by molar-refractivity contribution is -0.122. The first-order valence-corrected chi connectivity index (χ1v) is 7.65. The van der Waals surface area contributed by atoms with Crippen LogP contribution in [0.25, 0.3) is 11.4 Å². The lowest BCUT2D eigenvalue weighted by atomic mass is 9.82. The lowest BCUT2D eigenvalue weighted by Gasteiger charge is -2.31. The van der Waals surface area contributed by atoms with Crippen molar-refractivity contribution in [3.8, 4) is 11.4 Å². The van der Waals surface area contributed by atoms with E-state index in [1.807, 2.05) is 30.3 Å². The third kappa shape index (κ3) is 3.14. The van der Waals surface area contributed by atoms with Gasteiger partial charge in [0.15, 0.2) is 5.82 Å². The summed E-state index contributed by atoms with van der Waals surface area (Å²) < 4.78 is 0. The number of anilines is 1. The van der Waals surface area contributed by atoms with Gasteiger partial charge < -0.3 is 11.1 Å². The number of rotatable bonds is 3. The predicted molar refractivity (Wildman–Crippen MR) is 86.1 cm³/mol. The first-order chi connectivity index (χ1) is 10.7. The largest absolute Gasteiger partial charge is 0.322 e. The van der Waals surface area contributed by atoms with Crippen LogP contribution >= 0.6 is 0 Å². The highest BCUT2D eigenvalue weighted by Crippen LogP contribution is 2.27. The number of hydrogen-bond donors (Lipinski definition) is 2. The smallest absolute Gasteiger partial charge is 0.244 e. The van der Waals surface area contributed by atoms with Crippen molar-refractivity contribution in [2.45, 2.75) is 37.6 Å². The van der Waals surface area contributed by atoms with Crippen LogP contribution < -0.4 is 11.1 Å². The third-order valence-corrected chi connectivity index (χ3v) is 4.14. The van der Waals surface area contributed by atoms with Crippen molar-refractivity contribution in [3.63, 3.8) is 0 Å². The van der Waals surface area contributed by atoms with Crippen LogP contribution in [0, 0.1) is 0 Å². The first-order valence-electron chi connectivity index (χ1n) is 7.65. The first kappa shape index (κ1) is 14.7. The van der Waals surface area contributed by atoms with Crippen molar-refractivity contribution in [3.05, 3.63) is 42.7 Å². The molecular formula is C17H20N4O. The van der Waals surface area contributed by atoms with Gasteiger partial charge in [0, 0.05) is 5.56 Å². The molecule has 1 aromatic heterocycles. The number of carbonyl (C=O) groups excluding carboxylic acids is 1. The lowest BCUT2D eigenvalue weighted by Crippen LogP contribution is -2.52. The maximum atomic E-state index is 12.4. The molecule has 0 unspecified atom stereocenters. The van der Waals surface area contributed by atoms with Crippen LogP contribution in [0.5, 0.6) is 0 Å². The molecular weight excluding hydrogens is 276 g/mol. The number of benzene rings is 1. The average molecular weight is 296 g/mol. The summed E-state index contributed by atoms with van der Waals surface area (Å²) in [7, 11) is 0. The zero-order chi connectivity index (χ0) is 15.4. The second-order valence-electron chi connectivity index (χ2n) is 5.83. The summed E-state index contributed by atoms with van der Waals surface area (Å²) >= 11 is 0. The molecule has 22 heavy (non-hydrogen) atoms. The van der Waals surface area contributed by atoms with Crippen LogP contribution in [0.3, 0.4) is 0 Å². The van der Waals surface area contributed by atoms with Crippen LogP contribution in [-0.2, 0) is 4.79 Å². The average Bonchev–Trinajstić information content (AvgIpc) is 2.57. The Hall–Kier alpha value is -2.27. The van der Waals surface area contributed by atoms with Gasteiger partial charge in [-0.25, -0.2) is 9.97 Å². The fraction of sp³-hybridized carbons (Fsp3) is 0.353. The minimum atomic E-state index is -0.754. The Labute approximate surface area is 130 Å². The van der Waals surface area contributed by atoms with Crippen molar-refractivity contribution in [1.82, 2.24) is 9.97 Å². The molecule has 0 saturated heterocycles. The second kappa shape index (κ2) is 6.23. The summed E-state index contributed by atoms with van der Waals surface area (Å²) in [5, 5.41) is 2.84. The Morgan fingerprint density at radius 3 is 2.32 bits per heavy atom. The molecule has 5 nitrogen and oxygen atoms in total. The van der Waals surface area contributed by atoms with Crippen molar-refractivity contribution in [2.24, 2.45) is 5.73 Å². The molecule has 3 N–H and O–H groups in total. The van der Waals surface area contributed by atoms with Gasteiger partial charge in [0.1, 0.15) is 0 Å². The van der Waals surface area contributed by atoms with Gasteiger partial charge in [-0.2, -0.15) is 0 Å². The molecule has 0 spiro atoms. The zero-order valence-corrected chi connectivity index (χ0v) is 12.5. The van der Waals surface area contributed by atoms with Crippen LogP contribution in [0.4, 0.5) is 5.69 Å². The fourth-order valence-electron chi connectivity index (χ4n) is 2.79. The van der Waals surface area contributed by atoms with E-state index >= 15 is 0 Å². The summed E-state index contributed by atoms with van der Waals surface area (Å²) in [4.78, 5) is 21.0. The second-order valence-corrected chi connectivity index (χ2v) is 5.83. The topological polar surface area (TPSA) is 80.9 Å². The van der Waals surface area contributed by atoms with E-state index in [1.54, 1.807) is 12.4 Å². The molecule has 1 heterocycles. The quantitative estimate of drug-likeness (QED) is 0.912. The van der Waals surface area contributed by atoms with Gasteiger partial charge in [-0.05, 0) is 12.8 Å². The Kier molecular flexibility index (Phi) is 4.15. The molecule has 5 heteroatoms. The minimum absolute atomic E-state index is 0.136. The Balaban J connectivity index is 1.70. The number of amides is 1. The highest BCUT2D eigenvalue weighted by atomic mass is 16.2. The van der Waals surface area contributed by atoms with Crippen molar-refractivity contribution < 1.29 is 4.79 Å². The monoisotopic (exact) mass is 296 g/mol. The summed E-state index contributed by atoms with van der Waals surface area (Å²) in [6, 6.07) is 9.73. The maximum Gasteiger partial charge on any atom is 0.244 e. The van der Waals surface area contributed by atoms with Crippen LogP contribution in [0.2, 0.25) is 0 Å². The van der Waals surface area contributed by atoms with Gasteiger partial charge in [-0.3, -0.25) is 4.79 Å². The summed E-state index contributed by atoms with van der Waals surface area (Å²) in [5.41, 5.74) is 7.00. The van der Waals surface area contributed by atoms with Gasteiger partial charge in [0.05, 0.1) is 23.6 Å². The molecule has 1 amide bonds. The van der Waals surface area contributed by atoms with E-state index in [0.29, 0.717) is 11.5 Å². The Morgan fingerprint density at radius 1 is 1.05 bits per heavy atom. The fourth-order valence-corrected chi connectivity index (χ4v) is 2.79. The maximum absolute atomic E-state index is 12.4. The predicted octanol–water partition coefficient (Wildman–Crippen LogP) is 2.74. The van der Waals surface area contributed by atoms with Gasteiger partial charge >= 0.3 is 0 Å². The number of aromatic nitrogens is 2. The number of hydrogen-bond acceptors (Lipinski definition) is 4. The van der Waals surface area contributed by atoms with E-state index in [-0.39, 0.29) is 5.91 Å².